The lowest BCUT2D eigenvalue weighted by atomic mass is 9.94. The van der Waals surface area contributed by atoms with Crippen molar-refractivity contribution in [3.63, 3.8) is 0 Å². The van der Waals surface area contributed by atoms with Crippen LogP contribution in [0.3, 0.4) is 0 Å². The van der Waals surface area contributed by atoms with E-state index in [9.17, 15) is 14.7 Å². The number of amides is 1. The predicted molar refractivity (Wildman–Crippen MR) is 112 cm³/mol. The zero-order valence-corrected chi connectivity index (χ0v) is 17.2. The maximum Gasteiger partial charge on any atom is 0.295 e. The zero-order valence-electron chi connectivity index (χ0n) is 17.2. The van der Waals surface area contributed by atoms with Crippen molar-refractivity contribution >= 4 is 17.4 Å². The first kappa shape index (κ1) is 20.6. The van der Waals surface area contributed by atoms with Crippen LogP contribution in [0.25, 0.3) is 5.76 Å². The molecule has 0 radical (unpaired) electrons. The molecule has 1 fully saturated rings. The quantitative estimate of drug-likeness (QED) is 0.463. The molecule has 29 heavy (non-hydrogen) atoms. The van der Waals surface area contributed by atoms with Gasteiger partial charge in [-0.2, -0.15) is 0 Å². The Kier molecular flexibility index (Phi) is 6.03. The topological polar surface area (TPSA) is 70.1 Å². The number of aliphatic hydroxyl groups excluding tert-OH is 1. The Hall–Kier alpha value is -3.12. The monoisotopic (exact) mass is 394 g/mol. The normalized spacial score (nSPS) is 18.5. The molecule has 152 valence electrons. The van der Waals surface area contributed by atoms with E-state index in [1.807, 2.05) is 56.3 Å². The number of likely N-dealkylation sites (N-methyl/N-ethyl adjacent to an activating group) is 1. The van der Waals surface area contributed by atoms with Gasteiger partial charge in [0.2, 0.25) is 0 Å². The SMILES string of the molecule is COc1ccc(/C(O)=C2/C(=O)C(=O)N(CCN(C)C)C2c2ccccc2)c(C)c1. The lowest BCUT2D eigenvalue weighted by Crippen LogP contribution is -2.35. The van der Waals surface area contributed by atoms with Gasteiger partial charge >= 0.3 is 0 Å². The highest BCUT2D eigenvalue weighted by Gasteiger charge is 2.45. The fraction of sp³-hybridized carbons (Fsp3) is 0.304. The van der Waals surface area contributed by atoms with Crippen LogP contribution in [0.4, 0.5) is 0 Å². The summed E-state index contributed by atoms with van der Waals surface area (Å²) < 4.78 is 5.22. The number of carbonyl (C=O) groups is 2. The number of nitrogens with zero attached hydrogens (tertiary/aromatic N) is 2. The largest absolute Gasteiger partial charge is 0.507 e. The minimum absolute atomic E-state index is 0.119. The maximum atomic E-state index is 12.9. The predicted octanol–water partition coefficient (Wildman–Crippen LogP) is 2.99. The Morgan fingerprint density at radius 1 is 1.14 bits per heavy atom. The van der Waals surface area contributed by atoms with E-state index in [0.29, 0.717) is 24.4 Å². The van der Waals surface area contributed by atoms with Crippen LogP contribution >= 0.6 is 0 Å². The van der Waals surface area contributed by atoms with Crippen LogP contribution in [0.1, 0.15) is 22.7 Å². The summed E-state index contributed by atoms with van der Waals surface area (Å²) in [5.41, 5.74) is 2.18. The van der Waals surface area contributed by atoms with E-state index >= 15 is 0 Å². The molecular formula is C23H26N2O4. The summed E-state index contributed by atoms with van der Waals surface area (Å²) in [5.74, 6) is -0.756. The van der Waals surface area contributed by atoms with Crippen molar-refractivity contribution in [1.29, 1.82) is 0 Å². The van der Waals surface area contributed by atoms with Gasteiger partial charge in [0.1, 0.15) is 11.5 Å². The van der Waals surface area contributed by atoms with Crippen LogP contribution in [0.2, 0.25) is 0 Å². The summed E-state index contributed by atoms with van der Waals surface area (Å²) in [6.07, 6.45) is 0. The van der Waals surface area contributed by atoms with Gasteiger partial charge in [-0.25, -0.2) is 0 Å². The van der Waals surface area contributed by atoms with Crippen LogP contribution < -0.4 is 4.74 Å². The Morgan fingerprint density at radius 2 is 1.83 bits per heavy atom. The Bertz CT molecular complexity index is 951. The minimum Gasteiger partial charge on any atom is -0.507 e. The molecule has 0 bridgehead atoms. The van der Waals surface area contributed by atoms with Gasteiger partial charge in [0.15, 0.2) is 0 Å². The highest BCUT2D eigenvalue weighted by Crippen LogP contribution is 2.39. The second-order valence-electron chi connectivity index (χ2n) is 7.39. The average molecular weight is 394 g/mol. The summed E-state index contributed by atoms with van der Waals surface area (Å²) in [6, 6.07) is 13.9. The number of ether oxygens (including phenoxy) is 1. The highest BCUT2D eigenvalue weighted by molar-refractivity contribution is 6.46. The summed E-state index contributed by atoms with van der Waals surface area (Å²) in [4.78, 5) is 29.3. The van der Waals surface area contributed by atoms with Gasteiger partial charge in [-0.05, 0) is 50.3 Å². The molecule has 1 heterocycles. The van der Waals surface area contributed by atoms with Crippen LogP contribution in [-0.4, -0.2) is 60.9 Å². The molecule has 1 unspecified atom stereocenters. The lowest BCUT2D eigenvalue weighted by Gasteiger charge is -2.26. The van der Waals surface area contributed by atoms with E-state index in [1.165, 1.54) is 0 Å². The second-order valence-corrected chi connectivity index (χ2v) is 7.39. The number of carbonyl (C=O) groups excluding carboxylic acids is 2. The highest BCUT2D eigenvalue weighted by atomic mass is 16.5. The summed E-state index contributed by atoms with van der Waals surface area (Å²) in [7, 11) is 5.39. The number of aryl methyl sites for hydroxylation is 1. The van der Waals surface area contributed by atoms with Crippen molar-refractivity contribution in [2.24, 2.45) is 0 Å². The number of aliphatic hydroxyl groups is 1. The van der Waals surface area contributed by atoms with Crippen molar-refractivity contribution < 1.29 is 19.4 Å². The van der Waals surface area contributed by atoms with Crippen molar-refractivity contribution in [1.82, 2.24) is 9.80 Å². The molecule has 6 nitrogen and oxygen atoms in total. The molecule has 0 aliphatic carbocycles. The first-order chi connectivity index (χ1) is 13.8. The molecule has 0 saturated carbocycles. The van der Waals surface area contributed by atoms with Gasteiger partial charge in [-0.1, -0.05) is 30.3 Å². The van der Waals surface area contributed by atoms with E-state index in [1.54, 1.807) is 30.2 Å². The Balaban J connectivity index is 2.15. The van der Waals surface area contributed by atoms with Crippen LogP contribution in [0.15, 0.2) is 54.1 Å². The number of likely N-dealkylation sites (tertiary alicyclic amines) is 1. The standard InChI is InChI=1S/C23H26N2O4/c1-15-14-17(29-4)10-11-18(15)21(26)19-20(16-8-6-5-7-9-16)25(13-12-24(2)3)23(28)22(19)27/h5-11,14,20,26H,12-13H2,1-4H3/b21-19-. The van der Waals surface area contributed by atoms with Crippen LogP contribution in [-0.2, 0) is 9.59 Å². The molecule has 1 aliphatic rings. The number of hydrogen-bond donors (Lipinski definition) is 1. The number of hydrogen-bond acceptors (Lipinski definition) is 5. The molecule has 0 aromatic heterocycles. The third kappa shape index (κ3) is 4.03. The third-order valence-electron chi connectivity index (χ3n) is 5.13. The molecule has 3 rings (SSSR count). The molecule has 1 N–H and O–H groups in total. The minimum atomic E-state index is -0.662. The molecule has 1 saturated heterocycles. The van der Waals surface area contributed by atoms with Crippen molar-refractivity contribution in [2.75, 3.05) is 34.3 Å². The number of rotatable bonds is 6. The van der Waals surface area contributed by atoms with Crippen molar-refractivity contribution in [2.45, 2.75) is 13.0 Å². The molecule has 1 aliphatic heterocycles. The second kappa shape index (κ2) is 8.49. The first-order valence-electron chi connectivity index (χ1n) is 9.48. The number of methoxy groups -OCH3 is 1. The van der Waals surface area contributed by atoms with E-state index in [2.05, 4.69) is 0 Å². The third-order valence-corrected chi connectivity index (χ3v) is 5.13. The Labute approximate surface area is 171 Å². The molecule has 0 spiro atoms. The van der Waals surface area contributed by atoms with Crippen LogP contribution in [0.5, 0.6) is 5.75 Å². The van der Waals surface area contributed by atoms with E-state index in [-0.39, 0.29) is 11.3 Å². The lowest BCUT2D eigenvalue weighted by molar-refractivity contribution is -0.140. The molecule has 1 amide bonds. The van der Waals surface area contributed by atoms with Gasteiger partial charge < -0.3 is 19.6 Å². The fourth-order valence-corrected chi connectivity index (χ4v) is 3.57. The summed E-state index contributed by atoms with van der Waals surface area (Å²) in [6.45, 7) is 2.82. The smallest absolute Gasteiger partial charge is 0.295 e. The fourth-order valence-electron chi connectivity index (χ4n) is 3.57. The van der Waals surface area contributed by atoms with Crippen molar-refractivity contribution in [3.8, 4) is 5.75 Å². The number of benzene rings is 2. The molecule has 2 aromatic carbocycles. The van der Waals surface area contributed by atoms with Gasteiger partial charge in [0.25, 0.3) is 11.7 Å². The van der Waals surface area contributed by atoms with Gasteiger partial charge in [-0.3, -0.25) is 9.59 Å². The molecular weight excluding hydrogens is 368 g/mol. The maximum absolute atomic E-state index is 12.9. The molecule has 2 aromatic rings. The zero-order chi connectivity index (χ0) is 21.1. The van der Waals surface area contributed by atoms with Gasteiger partial charge in [-0.15, -0.1) is 0 Å². The average Bonchev–Trinajstić information content (AvgIpc) is 2.97. The van der Waals surface area contributed by atoms with E-state index < -0.39 is 17.7 Å². The van der Waals surface area contributed by atoms with Gasteiger partial charge in [0, 0.05) is 18.7 Å². The summed E-state index contributed by atoms with van der Waals surface area (Å²) >= 11 is 0. The van der Waals surface area contributed by atoms with E-state index in [0.717, 1.165) is 11.1 Å². The number of Topliss-reactive ketones (excluding diaryl/α,β-unsaturated/α-hetero) is 1. The molecule has 6 heteroatoms. The number of ketones is 1. The first-order valence-corrected chi connectivity index (χ1v) is 9.48. The van der Waals surface area contributed by atoms with Crippen molar-refractivity contribution in [3.05, 3.63) is 70.8 Å². The Morgan fingerprint density at radius 3 is 2.41 bits per heavy atom. The van der Waals surface area contributed by atoms with E-state index in [4.69, 9.17) is 4.74 Å². The van der Waals surface area contributed by atoms with Crippen LogP contribution in [0, 0.1) is 6.92 Å². The molecule has 1 atom stereocenters. The van der Waals surface area contributed by atoms with Gasteiger partial charge in [0.05, 0.1) is 18.7 Å². The summed E-state index contributed by atoms with van der Waals surface area (Å²) in [5, 5.41) is 11.1.